The second-order valence-electron chi connectivity index (χ2n) is 4.60. The monoisotopic (exact) mass is 319 g/mol. The van der Waals surface area contributed by atoms with Gasteiger partial charge < -0.3 is 9.47 Å². The number of nitrogens with zero attached hydrogens (tertiary/aromatic N) is 1. The van der Waals surface area contributed by atoms with Crippen LogP contribution in [0.2, 0.25) is 0 Å². The fourth-order valence-corrected chi connectivity index (χ4v) is 2.57. The predicted molar refractivity (Wildman–Crippen MR) is 87.0 cm³/mol. The van der Waals surface area contributed by atoms with E-state index in [4.69, 9.17) is 9.47 Å². The molecule has 2 rings (SSSR count). The minimum atomic E-state index is -0.467. The van der Waals surface area contributed by atoms with Crippen LogP contribution in [-0.4, -0.2) is 24.4 Å². The fraction of sp³-hybridized carbons (Fsp3) is 0.250. The number of aryl methyl sites for hydroxylation is 1. The van der Waals surface area contributed by atoms with E-state index in [1.807, 2.05) is 6.92 Å². The van der Waals surface area contributed by atoms with Gasteiger partial charge in [-0.3, -0.25) is 10.1 Å². The van der Waals surface area contributed by atoms with Gasteiger partial charge in [0.25, 0.3) is 0 Å². The summed E-state index contributed by atoms with van der Waals surface area (Å²) in [6, 6.07) is 12.8. The molecule has 6 heteroatoms. The molecule has 0 aliphatic rings. The van der Waals surface area contributed by atoms with Crippen LogP contribution in [0.15, 0.2) is 47.4 Å². The Balaban J connectivity index is 1.91. The zero-order valence-corrected chi connectivity index (χ0v) is 13.3. The lowest BCUT2D eigenvalue weighted by molar-refractivity contribution is -0.385. The largest absolute Gasteiger partial charge is 0.496 e. The van der Waals surface area contributed by atoms with Crippen LogP contribution in [0, 0.1) is 17.0 Å². The van der Waals surface area contributed by atoms with E-state index in [0.717, 1.165) is 4.90 Å². The molecule has 2 aromatic rings. The first kappa shape index (κ1) is 16.2. The maximum absolute atomic E-state index is 11.0. The standard InChI is InChI=1S/C16H17NO4S/c1-12-3-6-14(7-4-12)22-10-9-21-16-8-5-13(20-2)11-15(16)17(18)19/h3-8,11H,9-10H2,1-2H3. The first-order valence-corrected chi connectivity index (χ1v) is 7.73. The van der Waals surface area contributed by atoms with E-state index in [2.05, 4.69) is 24.3 Å². The van der Waals surface area contributed by atoms with Crippen LogP contribution in [0.25, 0.3) is 0 Å². The van der Waals surface area contributed by atoms with Crippen LogP contribution in [0.5, 0.6) is 11.5 Å². The average Bonchev–Trinajstić information content (AvgIpc) is 2.53. The topological polar surface area (TPSA) is 61.6 Å². The molecule has 0 aromatic heterocycles. The summed E-state index contributed by atoms with van der Waals surface area (Å²) in [5.41, 5.74) is 1.13. The van der Waals surface area contributed by atoms with E-state index < -0.39 is 4.92 Å². The van der Waals surface area contributed by atoms with Gasteiger partial charge in [0, 0.05) is 10.6 Å². The molecule has 0 aliphatic carbocycles. The van der Waals surface area contributed by atoms with Crippen molar-refractivity contribution in [1.82, 2.24) is 0 Å². The molecule has 0 unspecified atom stereocenters. The summed E-state index contributed by atoms with van der Waals surface area (Å²) in [4.78, 5) is 11.7. The maximum Gasteiger partial charge on any atom is 0.314 e. The van der Waals surface area contributed by atoms with Crippen molar-refractivity contribution in [3.63, 3.8) is 0 Å². The van der Waals surface area contributed by atoms with Gasteiger partial charge in [-0.2, -0.15) is 0 Å². The van der Waals surface area contributed by atoms with E-state index in [9.17, 15) is 10.1 Å². The third-order valence-corrected chi connectivity index (χ3v) is 3.97. The second kappa shape index (κ2) is 7.70. The molecule has 0 amide bonds. The number of hydrogen-bond acceptors (Lipinski definition) is 5. The Kier molecular flexibility index (Phi) is 5.66. The lowest BCUT2D eigenvalue weighted by atomic mass is 10.2. The minimum absolute atomic E-state index is 0.0836. The Morgan fingerprint density at radius 1 is 1.18 bits per heavy atom. The Morgan fingerprint density at radius 2 is 1.91 bits per heavy atom. The number of nitro benzene ring substituents is 1. The van der Waals surface area contributed by atoms with Gasteiger partial charge in [0.1, 0.15) is 5.75 Å². The Morgan fingerprint density at radius 3 is 2.55 bits per heavy atom. The summed E-state index contributed by atoms with van der Waals surface area (Å²) in [7, 11) is 1.47. The predicted octanol–water partition coefficient (Wildman–Crippen LogP) is 4.08. The molecule has 0 spiro atoms. The van der Waals surface area contributed by atoms with Gasteiger partial charge in [-0.15, -0.1) is 11.8 Å². The number of methoxy groups -OCH3 is 1. The van der Waals surface area contributed by atoms with Gasteiger partial charge in [0.2, 0.25) is 0 Å². The fourth-order valence-electron chi connectivity index (χ4n) is 1.83. The summed E-state index contributed by atoms with van der Waals surface area (Å²) < 4.78 is 10.5. The molecule has 0 saturated carbocycles. The van der Waals surface area contributed by atoms with Crippen molar-refractivity contribution in [2.45, 2.75) is 11.8 Å². The first-order valence-electron chi connectivity index (χ1n) is 6.75. The van der Waals surface area contributed by atoms with Crippen molar-refractivity contribution in [3.05, 3.63) is 58.1 Å². The summed E-state index contributed by atoms with van der Waals surface area (Å²) in [5, 5.41) is 11.0. The molecule has 5 nitrogen and oxygen atoms in total. The molecule has 0 aliphatic heterocycles. The molecule has 0 N–H and O–H groups in total. The second-order valence-corrected chi connectivity index (χ2v) is 5.77. The van der Waals surface area contributed by atoms with Gasteiger partial charge >= 0.3 is 5.69 Å². The molecule has 22 heavy (non-hydrogen) atoms. The highest BCUT2D eigenvalue weighted by atomic mass is 32.2. The number of nitro groups is 1. The Labute approximate surface area is 133 Å². The number of benzene rings is 2. The van der Waals surface area contributed by atoms with E-state index >= 15 is 0 Å². The molecule has 0 heterocycles. The molecule has 0 fully saturated rings. The quantitative estimate of drug-likeness (QED) is 0.333. The highest BCUT2D eigenvalue weighted by molar-refractivity contribution is 7.99. The zero-order valence-electron chi connectivity index (χ0n) is 12.4. The van der Waals surface area contributed by atoms with Gasteiger partial charge in [-0.05, 0) is 31.2 Å². The van der Waals surface area contributed by atoms with Crippen molar-refractivity contribution < 1.29 is 14.4 Å². The third-order valence-electron chi connectivity index (χ3n) is 2.99. The van der Waals surface area contributed by atoms with E-state index in [0.29, 0.717) is 18.1 Å². The molecule has 116 valence electrons. The number of ether oxygens (including phenoxy) is 2. The minimum Gasteiger partial charge on any atom is -0.496 e. The highest BCUT2D eigenvalue weighted by Crippen LogP contribution is 2.31. The van der Waals surface area contributed by atoms with E-state index in [1.54, 1.807) is 23.9 Å². The molecule has 0 radical (unpaired) electrons. The Bertz CT molecular complexity index is 643. The van der Waals surface area contributed by atoms with Gasteiger partial charge in [0.15, 0.2) is 5.75 Å². The number of hydrogen-bond donors (Lipinski definition) is 0. The number of thioether (sulfide) groups is 1. The summed E-state index contributed by atoms with van der Waals surface area (Å²) in [5.74, 6) is 1.41. The van der Waals surface area contributed by atoms with Gasteiger partial charge in [-0.1, -0.05) is 17.7 Å². The summed E-state index contributed by atoms with van der Waals surface area (Å²) in [6.07, 6.45) is 0. The van der Waals surface area contributed by atoms with Crippen LogP contribution < -0.4 is 9.47 Å². The Hall–Kier alpha value is -2.21. The van der Waals surface area contributed by atoms with Crippen molar-refractivity contribution in [1.29, 1.82) is 0 Å². The van der Waals surface area contributed by atoms with Crippen LogP contribution in [0.1, 0.15) is 5.56 Å². The lowest BCUT2D eigenvalue weighted by Gasteiger charge is -2.08. The van der Waals surface area contributed by atoms with Gasteiger partial charge in [-0.25, -0.2) is 0 Å². The van der Waals surface area contributed by atoms with Crippen molar-refractivity contribution in [2.24, 2.45) is 0 Å². The molecule has 0 atom stereocenters. The zero-order chi connectivity index (χ0) is 15.9. The molecular weight excluding hydrogens is 302 g/mol. The molecule has 0 saturated heterocycles. The third kappa shape index (κ3) is 4.39. The highest BCUT2D eigenvalue weighted by Gasteiger charge is 2.16. The van der Waals surface area contributed by atoms with Crippen LogP contribution >= 0.6 is 11.8 Å². The maximum atomic E-state index is 11.0. The van der Waals surface area contributed by atoms with Gasteiger partial charge in [0.05, 0.1) is 24.7 Å². The SMILES string of the molecule is COc1ccc(OCCSc2ccc(C)cc2)c([N+](=O)[O-])c1. The van der Waals surface area contributed by atoms with Crippen LogP contribution in [-0.2, 0) is 0 Å². The van der Waals surface area contributed by atoms with E-state index in [-0.39, 0.29) is 11.4 Å². The normalized spacial score (nSPS) is 10.3. The van der Waals surface area contributed by atoms with Crippen LogP contribution in [0.3, 0.4) is 0 Å². The van der Waals surface area contributed by atoms with E-state index in [1.165, 1.54) is 18.7 Å². The first-order chi connectivity index (χ1) is 10.6. The van der Waals surface area contributed by atoms with Crippen LogP contribution in [0.4, 0.5) is 5.69 Å². The summed E-state index contributed by atoms with van der Waals surface area (Å²) >= 11 is 1.65. The lowest BCUT2D eigenvalue weighted by Crippen LogP contribution is -2.03. The van der Waals surface area contributed by atoms with Crippen molar-refractivity contribution in [2.75, 3.05) is 19.5 Å². The molecular formula is C16H17NO4S. The van der Waals surface area contributed by atoms with Crippen molar-refractivity contribution >= 4 is 17.4 Å². The van der Waals surface area contributed by atoms with Crippen molar-refractivity contribution in [3.8, 4) is 11.5 Å². The smallest absolute Gasteiger partial charge is 0.314 e. The molecule has 2 aromatic carbocycles. The molecule has 0 bridgehead atoms. The average molecular weight is 319 g/mol. The number of rotatable bonds is 7. The summed E-state index contributed by atoms with van der Waals surface area (Å²) in [6.45, 7) is 2.44.